The van der Waals surface area contributed by atoms with Gasteiger partial charge in [0.05, 0.1) is 24.3 Å². The van der Waals surface area contributed by atoms with Crippen molar-refractivity contribution < 1.29 is 14.3 Å². The number of aryl methyl sites for hydroxylation is 2. The lowest BCUT2D eigenvalue weighted by atomic mass is 9.99. The summed E-state index contributed by atoms with van der Waals surface area (Å²) >= 11 is 7.91. The molecule has 0 fully saturated rings. The van der Waals surface area contributed by atoms with Crippen molar-refractivity contribution in [2.75, 3.05) is 18.5 Å². The van der Waals surface area contributed by atoms with Crippen molar-refractivity contribution in [3.63, 3.8) is 0 Å². The van der Waals surface area contributed by atoms with E-state index in [0.717, 1.165) is 46.1 Å². The van der Waals surface area contributed by atoms with Gasteiger partial charge in [0.15, 0.2) is 5.82 Å². The molecule has 5 rings (SSSR count). The monoisotopic (exact) mass is 662 g/mol. The Morgan fingerprint density at radius 1 is 1.00 bits per heavy atom. The molecule has 1 amide bonds. The second kappa shape index (κ2) is 13.7. The van der Waals surface area contributed by atoms with Gasteiger partial charge in [0.25, 0.3) is 0 Å². The first kappa shape index (κ1) is 33.8. The van der Waals surface area contributed by atoms with Crippen LogP contribution in [0.5, 0.6) is 5.75 Å². The molecular formula is C35H43ClN6O3S. The van der Waals surface area contributed by atoms with Crippen molar-refractivity contribution in [2.45, 2.75) is 85.0 Å². The predicted octanol–water partition coefficient (Wildman–Crippen LogP) is 7.52. The minimum Gasteiger partial charge on any atom is -0.488 e. The van der Waals surface area contributed by atoms with Crippen LogP contribution in [0, 0.1) is 20.8 Å². The van der Waals surface area contributed by atoms with E-state index in [1.165, 1.54) is 4.88 Å². The molecule has 0 radical (unpaired) electrons. The fourth-order valence-corrected chi connectivity index (χ4v) is 6.83. The Labute approximate surface area is 280 Å². The Balaban J connectivity index is 1.32. The van der Waals surface area contributed by atoms with Crippen molar-refractivity contribution in [2.24, 2.45) is 10.7 Å². The molecule has 0 saturated heterocycles. The number of aromatic nitrogens is 3. The van der Waals surface area contributed by atoms with E-state index in [9.17, 15) is 4.79 Å². The number of carbonyl (C=O) groups excluding carboxylic acids is 1. The van der Waals surface area contributed by atoms with E-state index in [-0.39, 0.29) is 17.9 Å². The molecule has 4 aromatic rings. The average molecular weight is 663 g/mol. The van der Waals surface area contributed by atoms with Gasteiger partial charge in [-0.25, -0.2) is 0 Å². The van der Waals surface area contributed by atoms with Gasteiger partial charge < -0.3 is 20.5 Å². The molecule has 1 aliphatic heterocycles. The molecular weight excluding hydrogens is 620 g/mol. The first-order valence-electron chi connectivity index (χ1n) is 15.6. The van der Waals surface area contributed by atoms with Gasteiger partial charge in [-0.3, -0.25) is 14.4 Å². The van der Waals surface area contributed by atoms with Crippen LogP contribution in [0.15, 0.2) is 53.5 Å². The number of aliphatic imine (C=N–C) groups is 1. The highest BCUT2D eigenvalue weighted by Gasteiger charge is 2.32. The van der Waals surface area contributed by atoms with E-state index in [0.29, 0.717) is 35.4 Å². The quantitative estimate of drug-likeness (QED) is 0.162. The summed E-state index contributed by atoms with van der Waals surface area (Å²) in [6.45, 7) is 15.5. The third-order valence-electron chi connectivity index (χ3n) is 8.21. The molecule has 0 unspecified atom stereocenters. The van der Waals surface area contributed by atoms with Crippen molar-refractivity contribution in [1.29, 1.82) is 0 Å². The lowest BCUT2D eigenvalue weighted by Crippen LogP contribution is -2.33. The number of anilines is 1. The van der Waals surface area contributed by atoms with Gasteiger partial charge >= 0.3 is 0 Å². The molecule has 0 bridgehead atoms. The maximum atomic E-state index is 13.5. The van der Waals surface area contributed by atoms with Gasteiger partial charge in [-0.2, -0.15) is 0 Å². The highest BCUT2D eigenvalue weighted by atomic mass is 35.5. The molecule has 3 N–H and O–H groups in total. The first-order valence-corrected chi connectivity index (χ1v) is 16.8. The normalized spacial score (nSPS) is 14.7. The number of fused-ring (bicyclic) bond motifs is 3. The number of halogens is 1. The summed E-state index contributed by atoms with van der Waals surface area (Å²) in [5, 5.41) is 13.6. The minimum atomic E-state index is -0.549. The van der Waals surface area contributed by atoms with E-state index < -0.39 is 11.6 Å². The highest BCUT2D eigenvalue weighted by Crippen LogP contribution is 2.39. The summed E-state index contributed by atoms with van der Waals surface area (Å²) in [6.07, 6.45) is 1.61. The van der Waals surface area contributed by atoms with Gasteiger partial charge in [-0.15, -0.1) is 21.5 Å². The lowest BCUT2D eigenvalue weighted by Gasteiger charge is -2.30. The number of amides is 1. The number of nitrogens with one attached hydrogen (secondary N) is 1. The van der Waals surface area contributed by atoms with Crippen LogP contribution in [0.1, 0.15) is 86.2 Å². The van der Waals surface area contributed by atoms with Crippen LogP contribution in [0.4, 0.5) is 5.69 Å². The molecule has 244 valence electrons. The molecule has 0 spiro atoms. The minimum absolute atomic E-state index is 0.0913. The highest BCUT2D eigenvalue weighted by molar-refractivity contribution is 7.15. The Morgan fingerprint density at radius 2 is 1.70 bits per heavy atom. The smallest absolute Gasteiger partial charge is 0.227 e. The van der Waals surface area contributed by atoms with Crippen molar-refractivity contribution in [3.05, 3.63) is 86.8 Å². The Kier molecular flexibility index (Phi) is 10.0. The zero-order valence-corrected chi connectivity index (χ0v) is 29.2. The standard InChI is InChI=1S/C35H43ClN6O3S/c1-21-22(2)46-33-30(21)31(24-8-10-25(36)11-9-24)39-28(32-41-40-23(3)42(32)33)20-29(43)38-26-12-14-27(15-13-26)45-35(6,7)17-19-44-34(4,5)16-18-37/h8-15,28H,16-20,37H2,1-7H3,(H,38,43)/t28-/m0/s1. The van der Waals surface area contributed by atoms with Gasteiger partial charge in [0, 0.05) is 33.1 Å². The number of nitrogens with two attached hydrogens (primary N) is 1. The van der Waals surface area contributed by atoms with E-state index in [1.807, 2.05) is 73.9 Å². The second-order valence-corrected chi connectivity index (χ2v) is 14.6. The van der Waals surface area contributed by atoms with Crippen LogP contribution in [-0.2, 0) is 9.53 Å². The molecule has 0 aliphatic carbocycles. The van der Waals surface area contributed by atoms with Crippen LogP contribution in [0.2, 0.25) is 5.02 Å². The molecule has 46 heavy (non-hydrogen) atoms. The Hall–Kier alpha value is -3.57. The Morgan fingerprint density at radius 3 is 2.37 bits per heavy atom. The molecule has 11 heteroatoms. The maximum Gasteiger partial charge on any atom is 0.227 e. The molecule has 2 aromatic carbocycles. The summed E-state index contributed by atoms with van der Waals surface area (Å²) in [5.41, 5.74) is 9.58. The Bertz CT molecular complexity index is 1720. The second-order valence-electron chi connectivity index (χ2n) is 12.9. The summed E-state index contributed by atoms with van der Waals surface area (Å²) < 4.78 is 14.3. The summed E-state index contributed by atoms with van der Waals surface area (Å²) in [7, 11) is 0. The topological polar surface area (TPSA) is 117 Å². The zero-order chi connectivity index (χ0) is 33.2. The van der Waals surface area contributed by atoms with Crippen LogP contribution in [0.25, 0.3) is 5.00 Å². The van der Waals surface area contributed by atoms with E-state index in [1.54, 1.807) is 11.3 Å². The average Bonchev–Trinajstić information content (AvgIpc) is 3.46. The largest absolute Gasteiger partial charge is 0.488 e. The molecule has 2 aromatic heterocycles. The number of rotatable bonds is 12. The van der Waals surface area contributed by atoms with Crippen LogP contribution in [-0.4, -0.2) is 50.7 Å². The summed E-state index contributed by atoms with van der Waals surface area (Å²) in [5.74, 6) is 1.92. The first-order chi connectivity index (χ1) is 21.8. The third-order valence-corrected chi connectivity index (χ3v) is 9.66. The number of ether oxygens (including phenoxy) is 2. The van der Waals surface area contributed by atoms with Crippen molar-refractivity contribution in [1.82, 2.24) is 14.8 Å². The number of hydrogen-bond donors (Lipinski definition) is 2. The number of hydrogen-bond acceptors (Lipinski definition) is 8. The number of carbonyl (C=O) groups is 1. The van der Waals surface area contributed by atoms with Gasteiger partial charge in [0.2, 0.25) is 5.91 Å². The van der Waals surface area contributed by atoms with Crippen molar-refractivity contribution >= 4 is 40.2 Å². The van der Waals surface area contributed by atoms with Crippen LogP contribution in [0.3, 0.4) is 0 Å². The van der Waals surface area contributed by atoms with E-state index in [2.05, 4.69) is 43.2 Å². The molecule has 1 aliphatic rings. The van der Waals surface area contributed by atoms with Gasteiger partial charge in [-0.1, -0.05) is 23.7 Å². The number of thiophene rings is 1. The van der Waals surface area contributed by atoms with E-state index in [4.69, 9.17) is 31.8 Å². The van der Waals surface area contributed by atoms with Crippen LogP contribution < -0.4 is 15.8 Å². The van der Waals surface area contributed by atoms with Gasteiger partial charge in [-0.05, 0) is 103 Å². The predicted molar refractivity (Wildman–Crippen MR) is 186 cm³/mol. The van der Waals surface area contributed by atoms with Crippen molar-refractivity contribution in [3.8, 4) is 10.8 Å². The SMILES string of the molecule is Cc1sc2c(c1C)C(c1ccc(Cl)cc1)=N[C@@H](CC(=O)Nc1ccc(OC(C)(C)CCOC(C)(C)CCN)cc1)c1nnc(C)n1-2. The summed E-state index contributed by atoms with van der Waals surface area (Å²) in [4.78, 5) is 19.9. The fraction of sp³-hybridized carbons (Fsp3) is 0.429. The molecule has 9 nitrogen and oxygen atoms in total. The van der Waals surface area contributed by atoms with E-state index >= 15 is 0 Å². The van der Waals surface area contributed by atoms with Crippen LogP contribution >= 0.6 is 22.9 Å². The number of nitrogens with zero attached hydrogens (tertiary/aromatic N) is 4. The zero-order valence-electron chi connectivity index (χ0n) is 27.6. The number of benzene rings is 2. The lowest BCUT2D eigenvalue weighted by molar-refractivity contribution is -0.116. The third kappa shape index (κ3) is 7.69. The molecule has 3 heterocycles. The summed E-state index contributed by atoms with van der Waals surface area (Å²) in [6, 6.07) is 14.5. The fourth-order valence-electron chi connectivity index (χ4n) is 5.49. The maximum absolute atomic E-state index is 13.5. The van der Waals surface area contributed by atoms with Gasteiger partial charge in [0.1, 0.15) is 28.2 Å². The molecule has 0 saturated carbocycles. The molecule has 1 atom stereocenters.